The van der Waals surface area contributed by atoms with Crippen LogP contribution < -0.4 is 9.47 Å². The van der Waals surface area contributed by atoms with Crippen molar-refractivity contribution in [3.05, 3.63) is 53.8 Å². The van der Waals surface area contributed by atoms with Gasteiger partial charge in [-0.1, -0.05) is 12.1 Å². The van der Waals surface area contributed by atoms with Crippen molar-refractivity contribution in [3.63, 3.8) is 0 Å². The van der Waals surface area contributed by atoms with Crippen LogP contribution >= 0.6 is 0 Å². The van der Waals surface area contributed by atoms with Gasteiger partial charge in [0, 0.05) is 25.6 Å². The summed E-state index contributed by atoms with van der Waals surface area (Å²) in [6.07, 6.45) is 0.976. The Labute approximate surface area is 187 Å². The number of hydrogen-bond acceptors (Lipinski definition) is 6. The second kappa shape index (κ2) is 9.46. The lowest BCUT2D eigenvalue weighted by Crippen LogP contribution is -2.40. The van der Waals surface area contributed by atoms with Gasteiger partial charge >= 0.3 is 5.97 Å². The van der Waals surface area contributed by atoms with Crippen LogP contribution in [0.4, 0.5) is 4.39 Å². The average Bonchev–Trinajstić information content (AvgIpc) is 3.04. The summed E-state index contributed by atoms with van der Waals surface area (Å²) in [5.41, 5.74) is 0.703. The number of halogens is 1. The lowest BCUT2D eigenvalue weighted by Gasteiger charge is -2.30. The summed E-state index contributed by atoms with van der Waals surface area (Å²) in [6, 6.07) is 10.4. The van der Waals surface area contributed by atoms with Gasteiger partial charge in [0.25, 0.3) is 0 Å². The number of carbonyl (C=O) groups is 1. The Balaban J connectivity index is 1.37. The van der Waals surface area contributed by atoms with Crippen molar-refractivity contribution in [1.82, 2.24) is 4.31 Å². The normalized spacial score (nSPS) is 18.6. The standard InChI is InChI=1S/C23H26FNO6S/c1-16(17-3-5-19(24)6-4-17)31-23(26)18-9-11-25(12-10-18)32(27,28)20-7-8-21-22(15-20)30-14-2-13-29-21/h3-8,15-16,18H,2,9-14H2,1H3. The molecule has 172 valence electrons. The van der Waals surface area contributed by atoms with Gasteiger partial charge in [-0.05, 0) is 49.6 Å². The van der Waals surface area contributed by atoms with Crippen LogP contribution in [0.1, 0.15) is 37.9 Å². The predicted molar refractivity (Wildman–Crippen MR) is 114 cm³/mol. The van der Waals surface area contributed by atoms with Crippen molar-refractivity contribution >= 4 is 16.0 Å². The van der Waals surface area contributed by atoms with Crippen LogP contribution in [0.5, 0.6) is 11.5 Å². The first-order chi connectivity index (χ1) is 15.3. The fourth-order valence-corrected chi connectivity index (χ4v) is 5.34. The van der Waals surface area contributed by atoms with E-state index in [1.54, 1.807) is 25.1 Å². The molecule has 0 N–H and O–H groups in total. The molecular weight excluding hydrogens is 437 g/mol. The number of carbonyl (C=O) groups excluding carboxylic acids is 1. The fourth-order valence-electron chi connectivity index (χ4n) is 3.86. The van der Waals surface area contributed by atoms with Gasteiger partial charge in [-0.25, -0.2) is 12.8 Å². The number of piperidine rings is 1. The molecule has 1 unspecified atom stereocenters. The second-order valence-corrected chi connectivity index (χ2v) is 9.91. The third kappa shape index (κ3) is 4.88. The zero-order chi connectivity index (χ0) is 22.7. The molecule has 0 radical (unpaired) electrons. The molecule has 2 aromatic carbocycles. The molecule has 2 aliphatic rings. The summed E-state index contributed by atoms with van der Waals surface area (Å²) in [4.78, 5) is 12.7. The Bertz CT molecular complexity index is 1060. The van der Waals surface area contributed by atoms with E-state index in [0.717, 1.165) is 6.42 Å². The number of hydrogen-bond donors (Lipinski definition) is 0. The largest absolute Gasteiger partial charge is 0.490 e. The Hall–Kier alpha value is -2.65. The molecule has 2 aromatic rings. The van der Waals surface area contributed by atoms with Crippen LogP contribution in [0.3, 0.4) is 0 Å². The number of benzene rings is 2. The van der Waals surface area contributed by atoms with Crippen LogP contribution in [-0.2, 0) is 19.6 Å². The lowest BCUT2D eigenvalue weighted by molar-refractivity contribution is -0.155. The molecule has 1 saturated heterocycles. The molecule has 9 heteroatoms. The van der Waals surface area contributed by atoms with E-state index in [1.807, 2.05) is 0 Å². The molecule has 0 amide bonds. The van der Waals surface area contributed by atoms with Crippen LogP contribution in [0.25, 0.3) is 0 Å². The molecule has 7 nitrogen and oxygen atoms in total. The minimum atomic E-state index is -3.72. The summed E-state index contributed by atoms with van der Waals surface area (Å²) in [5, 5.41) is 0. The molecule has 0 bridgehead atoms. The topological polar surface area (TPSA) is 82.1 Å². The van der Waals surface area contributed by atoms with Crippen LogP contribution in [0.15, 0.2) is 47.4 Å². The van der Waals surface area contributed by atoms with E-state index in [2.05, 4.69) is 0 Å². The van der Waals surface area contributed by atoms with E-state index in [-0.39, 0.29) is 35.7 Å². The highest BCUT2D eigenvalue weighted by Gasteiger charge is 2.34. The molecule has 0 saturated carbocycles. The van der Waals surface area contributed by atoms with Gasteiger partial charge in [0.1, 0.15) is 11.9 Å². The first-order valence-electron chi connectivity index (χ1n) is 10.7. The molecule has 4 rings (SSSR count). The first-order valence-corrected chi connectivity index (χ1v) is 12.1. The molecule has 1 atom stereocenters. The Morgan fingerprint density at radius 2 is 1.72 bits per heavy atom. The molecule has 2 aliphatic heterocycles. The molecule has 0 spiro atoms. The fraction of sp³-hybridized carbons (Fsp3) is 0.435. The SMILES string of the molecule is CC(OC(=O)C1CCN(S(=O)(=O)c2ccc3c(c2)OCCCO3)CC1)c1ccc(F)cc1. The summed E-state index contributed by atoms with van der Waals surface area (Å²) in [7, 11) is -3.72. The van der Waals surface area contributed by atoms with Gasteiger partial charge in [-0.2, -0.15) is 4.31 Å². The van der Waals surface area contributed by atoms with E-state index < -0.39 is 16.1 Å². The molecule has 32 heavy (non-hydrogen) atoms. The zero-order valence-corrected chi connectivity index (χ0v) is 18.6. The van der Waals surface area contributed by atoms with E-state index in [4.69, 9.17) is 14.2 Å². The highest BCUT2D eigenvalue weighted by molar-refractivity contribution is 7.89. The number of ether oxygens (including phenoxy) is 3. The van der Waals surface area contributed by atoms with E-state index in [0.29, 0.717) is 43.1 Å². The van der Waals surface area contributed by atoms with E-state index >= 15 is 0 Å². The molecule has 1 fully saturated rings. The lowest BCUT2D eigenvalue weighted by atomic mass is 9.98. The van der Waals surface area contributed by atoms with Crippen molar-refractivity contribution in [2.45, 2.75) is 37.2 Å². The Morgan fingerprint density at radius 1 is 1.06 bits per heavy atom. The summed E-state index contributed by atoms with van der Waals surface area (Å²) < 4.78 is 57.4. The maximum atomic E-state index is 13.1. The number of fused-ring (bicyclic) bond motifs is 1. The van der Waals surface area contributed by atoms with Crippen molar-refractivity contribution in [3.8, 4) is 11.5 Å². The van der Waals surface area contributed by atoms with Crippen LogP contribution in [0.2, 0.25) is 0 Å². The maximum Gasteiger partial charge on any atom is 0.309 e. The van der Waals surface area contributed by atoms with Gasteiger partial charge in [0.15, 0.2) is 11.5 Å². The third-order valence-electron chi connectivity index (χ3n) is 5.78. The number of nitrogens with zero attached hydrogens (tertiary/aromatic N) is 1. The van der Waals surface area contributed by atoms with Crippen molar-refractivity contribution in [2.75, 3.05) is 26.3 Å². The van der Waals surface area contributed by atoms with Gasteiger partial charge in [-0.3, -0.25) is 4.79 Å². The van der Waals surface area contributed by atoms with E-state index in [1.165, 1.54) is 28.6 Å². The van der Waals surface area contributed by atoms with Crippen molar-refractivity contribution < 1.29 is 31.8 Å². The predicted octanol–water partition coefficient (Wildman–Crippen LogP) is 3.69. The highest BCUT2D eigenvalue weighted by Crippen LogP contribution is 2.34. The van der Waals surface area contributed by atoms with Crippen molar-refractivity contribution in [2.24, 2.45) is 5.92 Å². The van der Waals surface area contributed by atoms with Gasteiger partial charge in [0.05, 0.1) is 24.0 Å². The van der Waals surface area contributed by atoms with Gasteiger partial charge in [0.2, 0.25) is 10.0 Å². The quantitative estimate of drug-likeness (QED) is 0.629. The molecular formula is C23H26FNO6S. The van der Waals surface area contributed by atoms with E-state index in [9.17, 15) is 17.6 Å². The van der Waals surface area contributed by atoms with Crippen LogP contribution in [-0.4, -0.2) is 45.0 Å². The smallest absolute Gasteiger partial charge is 0.309 e. The average molecular weight is 464 g/mol. The van der Waals surface area contributed by atoms with Gasteiger partial charge < -0.3 is 14.2 Å². The summed E-state index contributed by atoms with van der Waals surface area (Å²) in [5.74, 6) is -0.132. The number of esters is 1. The maximum absolute atomic E-state index is 13.1. The Morgan fingerprint density at radius 3 is 2.41 bits per heavy atom. The summed E-state index contributed by atoms with van der Waals surface area (Å²) >= 11 is 0. The first kappa shape index (κ1) is 22.5. The molecule has 0 aliphatic carbocycles. The van der Waals surface area contributed by atoms with Crippen molar-refractivity contribution in [1.29, 1.82) is 0 Å². The number of rotatable bonds is 5. The minimum Gasteiger partial charge on any atom is -0.490 e. The Kier molecular flexibility index (Phi) is 6.66. The third-order valence-corrected chi connectivity index (χ3v) is 7.67. The highest BCUT2D eigenvalue weighted by atomic mass is 32.2. The second-order valence-electron chi connectivity index (χ2n) is 7.97. The minimum absolute atomic E-state index is 0.146. The van der Waals surface area contributed by atoms with Crippen LogP contribution in [0, 0.1) is 11.7 Å². The molecule has 0 aromatic heterocycles. The monoisotopic (exact) mass is 463 g/mol. The zero-order valence-electron chi connectivity index (χ0n) is 17.8. The summed E-state index contributed by atoms with van der Waals surface area (Å²) in [6.45, 7) is 3.18. The molecule has 2 heterocycles. The van der Waals surface area contributed by atoms with Gasteiger partial charge in [-0.15, -0.1) is 0 Å². The number of sulfonamides is 1.